The summed E-state index contributed by atoms with van der Waals surface area (Å²) in [5.74, 6) is -1.60. The Morgan fingerprint density at radius 3 is 1.32 bits per heavy atom. The second-order valence-electron chi connectivity index (χ2n) is 7.59. The van der Waals surface area contributed by atoms with Gasteiger partial charge in [-0.05, 0) is 52.4 Å². The molecule has 0 fully saturated rings. The zero-order chi connectivity index (χ0) is 21.5. The molecule has 0 aliphatic carbocycles. The molecule has 0 radical (unpaired) electrons. The molecule has 0 heterocycles. The molecule has 0 aromatic heterocycles. The van der Waals surface area contributed by atoms with E-state index < -0.39 is 23.0 Å². The Hall–Kier alpha value is -2.48. The van der Waals surface area contributed by atoms with E-state index in [1.54, 1.807) is 13.8 Å². The van der Waals surface area contributed by atoms with Crippen LogP contribution < -0.4 is 0 Å². The van der Waals surface area contributed by atoms with Crippen molar-refractivity contribution in [2.45, 2.75) is 102 Å². The molecule has 0 saturated carbocycles. The van der Waals surface area contributed by atoms with Crippen LogP contribution in [0.25, 0.3) is 0 Å². The van der Waals surface area contributed by atoms with Crippen LogP contribution in [-0.2, 0) is 9.59 Å². The Labute approximate surface area is 167 Å². The number of hydrogen-bond donors (Lipinski definition) is 2. The molecule has 0 bridgehead atoms. The van der Waals surface area contributed by atoms with Crippen LogP contribution in [0.1, 0.15) is 90.9 Å². The van der Waals surface area contributed by atoms with Gasteiger partial charge >= 0.3 is 11.9 Å². The zero-order valence-electron chi connectivity index (χ0n) is 17.0. The fourth-order valence-corrected chi connectivity index (χ4v) is 2.68. The van der Waals surface area contributed by atoms with Gasteiger partial charge in [-0.25, -0.2) is 0 Å². The van der Waals surface area contributed by atoms with Crippen molar-refractivity contribution in [3.8, 4) is 12.1 Å². The zero-order valence-corrected chi connectivity index (χ0v) is 17.0. The lowest BCUT2D eigenvalue weighted by atomic mass is 9.95. The first-order chi connectivity index (χ1) is 13.2. The van der Waals surface area contributed by atoms with Gasteiger partial charge in [0.15, 0.2) is 11.1 Å². The number of carboxylic acid groups (broad SMARTS) is 2. The third-order valence-electron chi connectivity index (χ3n) is 4.58. The van der Waals surface area contributed by atoms with Crippen molar-refractivity contribution in [3.63, 3.8) is 0 Å². The van der Waals surface area contributed by atoms with E-state index in [9.17, 15) is 20.1 Å². The molecule has 0 saturated heterocycles. The molecule has 2 N–H and O–H groups in total. The van der Waals surface area contributed by atoms with E-state index in [2.05, 4.69) is 22.4 Å². The number of aliphatic carboxylic acids is 2. The average molecular weight is 393 g/mol. The Morgan fingerprint density at radius 1 is 0.714 bits per heavy atom. The monoisotopic (exact) mass is 392 g/mol. The molecule has 8 heteroatoms. The second kappa shape index (κ2) is 13.7. The predicted molar refractivity (Wildman–Crippen MR) is 104 cm³/mol. The van der Waals surface area contributed by atoms with Crippen LogP contribution >= 0.6 is 0 Å². The molecule has 0 aromatic carbocycles. The van der Waals surface area contributed by atoms with E-state index in [-0.39, 0.29) is 12.8 Å². The lowest BCUT2D eigenvalue weighted by molar-refractivity contribution is -0.138. The van der Waals surface area contributed by atoms with Crippen LogP contribution in [0.3, 0.4) is 0 Å². The summed E-state index contributed by atoms with van der Waals surface area (Å²) in [5.41, 5.74) is -1.99. The third-order valence-corrected chi connectivity index (χ3v) is 4.58. The van der Waals surface area contributed by atoms with Crippen molar-refractivity contribution in [2.24, 2.45) is 10.2 Å². The number of carbonyl (C=O) groups is 2. The Morgan fingerprint density at radius 2 is 1.04 bits per heavy atom. The smallest absolute Gasteiger partial charge is 0.303 e. The van der Waals surface area contributed by atoms with Crippen molar-refractivity contribution in [1.82, 2.24) is 0 Å². The average Bonchev–Trinajstić information content (AvgIpc) is 2.65. The van der Waals surface area contributed by atoms with Gasteiger partial charge in [-0.15, -0.1) is 0 Å². The number of nitrogens with zero attached hydrogens (tertiary/aromatic N) is 4. The maximum Gasteiger partial charge on any atom is 0.303 e. The van der Waals surface area contributed by atoms with Crippen LogP contribution in [0.2, 0.25) is 0 Å². The van der Waals surface area contributed by atoms with Gasteiger partial charge in [-0.1, -0.05) is 25.7 Å². The van der Waals surface area contributed by atoms with Gasteiger partial charge in [0.05, 0.1) is 12.1 Å². The maximum atomic E-state index is 10.5. The third kappa shape index (κ3) is 12.8. The van der Waals surface area contributed by atoms with Crippen LogP contribution in [0, 0.1) is 22.7 Å². The summed E-state index contributed by atoms with van der Waals surface area (Å²) in [5, 5.41) is 44.4. The number of hydrogen-bond acceptors (Lipinski definition) is 6. The number of azo groups is 1. The molecule has 8 nitrogen and oxygen atoms in total. The van der Waals surface area contributed by atoms with Gasteiger partial charge in [0, 0.05) is 12.8 Å². The highest BCUT2D eigenvalue weighted by molar-refractivity contribution is 5.66. The Kier molecular flexibility index (Phi) is 12.4. The van der Waals surface area contributed by atoms with Gasteiger partial charge in [0.25, 0.3) is 0 Å². The summed E-state index contributed by atoms with van der Waals surface area (Å²) >= 11 is 0. The van der Waals surface area contributed by atoms with Gasteiger partial charge in [0.1, 0.15) is 0 Å². The summed E-state index contributed by atoms with van der Waals surface area (Å²) in [6.07, 6.45) is 7.32. The van der Waals surface area contributed by atoms with Crippen molar-refractivity contribution in [3.05, 3.63) is 0 Å². The molecule has 0 aromatic rings. The van der Waals surface area contributed by atoms with Gasteiger partial charge in [0.2, 0.25) is 0 Å². The molecule has 2 unspecified atom stereocenters. The summed E-state index contributed by atoms with van der Waals surface area (Å²) in [4.78, 5) is 21.0. The quantitative estimate of drug-likeness (QED) is 0.283. The summed E-state index contributed by atoms with van der Waals surface area (Å²) < 4.78 is 0. The molecule has 0 aliphatic rings. The first-order valence-corrected chi connectivity index (χ1v) is 9.86. The van der Waals surface area contributed by atoms with Gasteiger partial charge in [-0.3, -0.25) is 9.59 Å². The lowest BCUT2D eigenvalue weighted by Gasteiger charge is -2.19. The maximum absolute atomic E-state index is 10.5. The first kappa shape index (κ1) is 25.5. The lowest BCUT2D eigenvalue weighted by Crippen LogP contribution is -2.23. The van der Waals surface area contributed by atoms with E-state index in [4.69, 9.17) is 10.2 Å². The van der Waals surface area contributed by atoms with E-state index >= 15 is 0 Å². The highest BCUT2D eigenvalue weighted by Gasteiger charge is 2.27. The van der Waals surface area contributed by atoms with Gasteiger partial charge < -0.3 is 10.2 Å². The summed E-state index contributed by atoms with van der Waals surface area (Å²) in [7, 11) is 0. The first-order valence-electron chi connectivity index (χ1n) is 9.86. The molecule has 0 rings (SSSR count). The number of unbranched alkanes of at least 4 members (excludes halogenated alkanes) is 6. The van der Waals surface area contributed by atoms with Gasteiger partial charge in [-0.2, -0.15) is 20.8 Å². The topological polar surface area (TPSA) is 147 Å². The highest BCUT2D eigenvalue weighted by atomic mass is 16.4. The number of rotatable bonds is 16. The van der Waals surface area contributed by atoms with Crippen LogP contribution in [-0.4, -0.2) is 33.2 Å². The normalized spacial score (nSPS) is 15.3. The molecular weight excluding hydrogens is 360 g/mol. The highest BCUT2D eigenvalue weighted by Crippen LogP contribution is 2.25. The Bertz CT molecular complexity index is 556. The van der Waals surface area contributed by atoms with E-state index in [0.29, 0.717) is 25.7 Å². The molecule has 28 heavy (non-hydrogen) atoms. The van der Waals surface area contributed by atoms with Crippen LogP contribution in [0.4, 0.5) is 0 Å². The molecule has 2 atom stereocenters. The number of nitriles is 2. The summed E-state index contributed by atoms with van der Waals surface area (Å²) in [6.45, 7) is 3.38. The van der Waals surface area contributed by atoms with Crippen molar-refractivity contribution in [1.29, 1.82) is 10.5 Å². The minimum atomic E-state index is -0.994. The van der Waals surface area contributed by atoms with Crippen LogP contribution in [0.15, 0.2) is 10.2 Å². The largest absolute Gasteiger partial charge is 0.481 e. The van der Waals surface area contributed by atoms with E-state index in [1.165, 1.54) is 0 Å². The molecule has 0 spiro atoms. The summed E-state index contributed by atoms with van der Waals surface area (Å²) in [6, 6.07) is 4.32. The molecule has 0 aliphatic heterocycles. The van der Waals surface area contributed by atoms with Crippen molar-refractivity contribution >= 4 is 11.9 Å². The molecule has 156 valence electrons. The minimum absolute atomic E-state index is 0.159. The minimum Gasteiger partial charge on any atom is -0.481 e. The standard InChI is InChI=1S/C20H32N4O4/c1-19(15-21,13-9-5-3-7-11-17(25)26)23-24-20(2,16-22)14-10-6-4-8-12-18(27)28/h3-14H2,1-2H3,(H,25,26)(H,27,28). The fourth-order valence-electron chi connectivity index (χ4n) is 2.68. The number of carboxylic acids is 2. The second-order valence-corrected chi connectivity index (χ2v) is 7.59. The van der Waals surface area contributed by atoms with Crippen molar-refractivity contribution < 1.29 is 19.8 Å². The van der Waals surface area contributed by atoms with E-state index in [1.807, 2.05) is 0 Å². The van der Waals surface area contributed by atoms with Crippen LogP contribution in [0.5, 0.6) is 0 Å². The predicted octanol–water partition coefficient (Wildman–Crippen LogP) is 4.85. The van der Waals surface area contributed by atoms with Crippen molar-refractivity contribution in [2.75, 3.05) is 0 Å². The molecule has 0 amide bonds. The van der Waals surface area contributed by atoms with E-state index in [0.717, 1.165) is 38.5 Å². The molecular formula is C20H32N4O4. The Balaban J connectivity index is 4.39. The fraction of sp³-hybridized carbons (Fsp3) is 0.800. The SMILES string of the molecule is CC(C#N)(CCCCCCC(=O)O)N=NC(C)(C#N)CCCCCCC(=O)O.